The van der Waals surface area contributed by atoms with Crippen molar-refractivity contribution >= 4 is 94.7 Å². The van der Waals surface area contributed by atoms with Crippen LogP contribution in [0.25, 0.3) is 0 Å². The van der Waals surface area contributed by atoms with Crippen LogP contribution >= 0.6 is 0 Å². The van der Waals surface area contributed by atoms with Gasteiger partial charge in [-0.15, -0.1) is 0 Å². The summed E-state index contributed by atoms with van der Waals surface area (Å²) in [5, 5.41) is 52.5. The van der Waals surface area contributed by atoms with Crippen molar-refractivity contribution in [3.05, 3.63) is 12.2 Å². The fourth-order valence-electron chi connectivity index (χ4n) is 10.4. The van der Waals surface area contributed by atoms with E-state index >= 15 is 4.79 Å². The molecular formula is C58H92N14O19. The standard InChI is InChI=1S/C58H92N14O19/c1-8-30(4)18-13-11-9-10-12-14-21-40(74)64-34(24-39(60)73)51(83)70-48-33(7)63-52(84)38-20-17-23-72(38)56(88)45(29(2)3)68-55(87)47(32(6)59)67-42(76)28-62-49(81)35(25-43(77)78)65-41(75)27-61-50(82)36(26-44(79)80)66-54(86)46(31(5)58(90)91)69-53(85)37-19-15-16-22-71(37)57(48)89/h12,14,29-38,45-48H,8-11,13,15-28,59H2,1-7H3,(H2,60,73)(H,61,82)(H,62,81)(H,63,84)(H,64,74)(H,65,75)(H,66,86)(H,67,76)(H,68,87)(H,69,85)(H,70,83)(H,77,78)(H,79,80)(H,90,91)/b14-12-/t30?,31-,32+,33+,34-,35-,36-,37+,38-,45+,46-,47+,48-/m0/s1. The number of hydrogen-bond acceptors (Lipinski definition) is 17. The van der Waals surface area contributed by atoms with E-state index in [0.717, 1.165) is 43.9 Å². The molecule has 0 spiro atoms. The smallest absolute Gasteiger partial charge is 0.308 e. The van der Waals surface area contributed by atoms with E-state index in [2.05, 4.69) is 56.4 Å². The Labute approximate surface area is 526 Å². The first-order valence-electron chi connectivity index (χ1n) is 30.7. The Morgan fingerprint density at radius 3 is 1.73 bits per heavy atom. The molecule has 3 saturated heterocycles. The van der Waals surface area contributed by atoms with Crippen LogP contribution in [0.1, 0.15) is 145 Å². The van der Waals surface area contributed by atoms with E-state index in [0.29, 0.717) is 12.3 Å². The third-order valence-corrected chi connectivity index (χ3v) is 15.9. The monoisotopic (exact) mass is 1290 g/mol. The number of fused-ring (bicyclic) bond motifs is 2. The predicted molar refractivity (Wildman–Crippen MR) is 321 cm³/mol. The Morgan fingerprint density at radius 2 is 1.16 bits per heavy atom. The second-order valence-corrected chi connectivity index (χ2v) is 23.7. The van der Waals surface area contributed by atoms with Gasteiger partial charge >= 0.3 is 17.9 Å². The molecule has 3 heterocycles. The van der Waals surface area contributed by atoms with Crippen LogP contribution < -0.4 is 64.6 Å². The Hall–Kier alpha value is -8.78. The predicted octanol–water partition coefficient (Wildman–Crippen LogP) is -4.01. The Bertz CT molecular complexity index is 2710. The van der Waals surface area contributed by atoms with E-state index in [1.54, 1.807) is 26.0 Å². The third-order valence-electron chi connectivity index (χ3n) is 15.9. The lowest BCUT2D eigenvalue weighted by Gasteiger charge is -2.39. The van der Waals surface area contributed by atoms with Gasteiger partial charge in [0, 0.05) is 25.6 Å². The fourth-order valence-corrected chi connectivity index (χ4v) is 10.4. The Balaban J connectivity index is 2.17. The summed E-state index contributed by atoms with van der Waals surface area (Å²) < 4.78 is 0. The van der Waals surface area contributed by atoms with Crippen LogP contribution in [0, 0.1) is 17.8 Å². The Kier molecular flexibility index (Phi) is 31.4. The van der Waals surface area contributed by atoms with Gasteiger partial charge in [-0.3, -0.25) is 76.7 Å². The number of rotatable bonds is 22. The number of amides is 13. The van der Waals surface area contributed by atoms with Crippen molar-refractivity contribution in [3.8, 4) is 0 Å². The zero-order valence-electron chi connectivity index (χ0n) is 52.6. The zero-order chi connectivity index (χ0) is 68.4. The molecule has 33 heteroatoms. The molecule has 1 unspecified atom stereocenters. The topological polar surface area (TPSA) is 513 Å². The molecule has 3 aliphatic heterocycles. The molecule has 0 aromatic heterocycles. The van der Waals surface area contributed by atoms with Gasteiger partial charge in [0.2, 0.25) is 76.8 Å². The van der Waals surface area contributed by atoms with Gasteiger partial charge in [0.05, 0.1) is 44.3 Å². The van der Waals surface area contributed by atoms with Crippen LogP contribution in [0.2, 0.25) is 0 Å². The summed E-state index contributed by atoms with van der Waals surface area (Å²) in [6, 6.07) is -18.3. The average molecular weight is 1290 g/mol. The molecule has 0 aromatic rings. The summed E-state index contributed by atoms with van der Waals surface area (Å²) >= 11 is 0. The summed E-state index contributed by atoms with van der Waals surface area (Å²) in [5.74, 6) is -21.1. The summed E-state index contributed by atoms with van der Waals surface area (Å²) in [4.78, 5) is 219. The summed E-state index contributed by atoms with van der Waals surface area (Å²) in [6.07, 6.45) is 6.44. The van der Waals surface area contributed by atoms with Crippen LogP contribution in [0.4, 0.5) is 0 Å². The van der Waals surface area contributed by atoms with Gasteiger partial charge in [-0.05, 0) is 77.6 Å². The number of primary amides is 1. The summed E-state index contributed by atoms with van der Waals surface area (Å²) in [7, 11) is 0. The highest BCUT2D eigenvalue weighted by atomic mass is 16.4. The largest absolute Gasteiger partial charge is 0.481 e. The van der Waals surface area contributed by atoms with Gasteiger partial charge in [0.1, 0.15) is 54.4 Å². The maximum atomic E-state index is 15.2. The number of carboxylic acids is 3. The van der Waals surface area contributed by atoms with Gasteiger partial charge in [-0.1, -0.05) is 65.5 Å². The van der Waals surface area contributed by atoms with Crippen LogP contribution in [-0.2, 0) is 76.7 Å². The molecular weight excluding hydrogens is 1200 g/mol. The molecule has 0 aliphatic carbocycles. The van der Waals surface area contributed by atoms with E-state index in [1.165, 1.54) is 18.7 Å². The van der Waals surface area contributed by atoms with Crippen LogP contribution in [-0.4, -0.2) is 212 Å². The van der Waals surface area contributed by atoms with Crippen molar-refractivity contribution < 1.29 is 92.0 Å². The number of unbranched alkanes of at least 4 members (excludes halogenated alkanes) is 3. The molecule has 508 valence electrons. The lowest BCUT2D eigenvalue weighted by molar-refractivity contribution is -0.149. The molecule has 0 radical (unpaired) electrons. The third kappa shape index (κ3) is 24.8. The van der Waals surface area contributed by atoms with E-state index in [1.807, 2.05) is 10.6 Å². The molecule has 0 saturated carbocycles. The van der Waals surface area contributed by atoms with E-state index in [-0.39, 0.29) is 51.6 Å². The number of nitrogens with zero attached hydrogens (tertiary/aromatic N) is 2. The maximum Gasteiger partial charge on any atom is 0.308 e. The van der Waals surface area contributed by atoms with Gasteiger partial charge < -0.3 is 89.8 Å². The van der Waals surface area contributed by atoms with Crippen molar-refractivity contribution in [1.29, 1.82) is 0 Å². The first-order valence-corrected chi connectivity index (χ1v) is 30.7. The minimum Gasteiger partial charge on any atom is -0.481 e. The van der Waals surface area contributed by atoms with Crippen molar-refractivity contribution in [3.63, 3.8) is 0 Å². The van der Waals surface area contributed by atoms with Crippen LogP contribution in [0.3, 0.4) is 0 Å². The van der Waals surface area contributed by atoms with E-state index < -0.39 is 205 Å². The quantitative estimate of drug-likeness (QED) is 0.0363. The molecule has 91 heavy (non-hydrogen) atoms. The lowest BCUT2D eigenvalue weighted by atomic mass is 9.96. The minimum atomic E-state index is -2.13. The molecule has 3 fully saturated rings. The molecule has 3 aliphatic rings. The summed E-state index contributed by atoms with van der Waals surface area (Å²) in [5.41, 5.74) is 11.7. The maximum absolute atomic E-state index is 15.2. The van der Waals surface area contributed by atoms with E-state index in [9.17, 15) is 87.2 Å². The number of hydrogen-bond donors (Lipinski definition) is 15. The van der Waals surface area contributed by atoms with Crippen molar-refractivity contribution in [2.45, 2.75) is 211 Å². The molecule has 3 rings (SSSR count). The van der Waals surface area contributed by atoms with Crippen molar-refractivity contribution in [2.24, 2.45) is 29.2 Å². The highest BCUT2D eigenvalue weighted by Crippen LogP contribution is 2.24. The van der Waals surface area contributed by atoms with Gasteiger partial charge in [0.15, 0.2) is 0 Å². The number of piperidine rings is 1. The van der Waals surface area contributed by atoms with Crippen LogP contribution in [0.5, 0.6) is 0 Å². The minimum absolute atomic E-state index is 0.0286. The Morgan fingerprint density at radius 1 is 0.626 bits per heavy atom. The number of carboxylic acid groups (broad SMARTS) is 3. The normalized spacial score (nSPS) is 25.6. The first kappa shape index (κ1) is 76.5. The number of carbonyl (C=O) groups is 16. The molecule has 0 aromatic carbocycles. The van der Waals surface area contributed by atoms with Crippen LogP contribution in [0.15, 0.2) is 12.2 Å². The first-order chi connectivity index (χ1) is 42.8. The molecule has 33 nitrogen and oxygen atoms in total. The molecule has 0 bridgehead atoms. The SMILES string of the molecule is CCC(C)CCCCC/C=C\CC(=O)N[C@@H](CC(N)=O)C(=O)N[C@@H]1C(=O)N2CCCC[C@@H]2C(=O)N[C@@H]([C@H](C)C(=O)O)C(=O)N[C@@H](CC(=O)O)C(=O)NCC(=O)N[C@@H](CC(=O)O)C(=O)NCC(=O)N[C@H]([C@@H](C)N)C(=O)N[C@H](C(C)C)C(=O)N2CCC[C@H]2C(=O)N[C@@H]1C. The van der Waals surface area contributed by atoms with E-state index in [4.69, 9.17) is 11.5 Å². The second-order valence-electron chi connectivity index (χ2n) is 23.7. The van der Waals surface area contributed by atoms with Gasteiger partial charge in [0.25, 0.3) is 0 Å². The van der Waals surface area contributed by atoms with Gasteiger partial charge in [-0.25, -0.2) is 0 Å². The zero-order valence-corrected chi connectivity index (χ0v) is 52.6. The number of nitrogens with one attached hydrogen (secondary N) is 10. The summed E-state index contributed by atoms with van der Waals surface area (Å²) in [6.45, 7) is 8.77. The number of carbonyl (C=O) groups excluding carboxylic acids is 13. The second kappa shape index (κ2) is 37.4. The molecule has 17 N–H and O–H groups in total. The highest BCUT2D eigenvalue weighted by Gasteiger charge is 2.45. The number of allylic oxidation sites excluding steroid dienone is 1. The van der Waals surface area contributed by atoms with Crippen molar-refractivity contribution in [2.75, 3.05) is 26.2 Å². The lowest BCUT2D eigenvalue weighted by Crippen LogP contribution is -2.66. The fraction of sp³-hybridized carbons (Fsp3) is 0.690. The van der Waals surface area contributed by atoms with Gasteiger partial charge in [-0.2, -0.15) is 0 Å². The highest BCUT2D eigenvalue weighted by molar-refractivity contribution is 6.01. The average Bonchev–Trinajstić information content (AvgIpc) is 1.82. The molecule has 13 atom stereocenters. The number of nitrogens with two attached hydrogens (primary N) is 2. The van der Waals surface area contributed by atoms with Crippen molar-refractivity contribution in [1.82, 2.24) is 63.0 Å². The molecule has 13 amide bonds. The number of aliphatic carboxylic acids is 3.